The molecule has 212 valence electrons. The van der Waals surface area contributed by atoms with Crippen LogP contribution < -0.4 is 10.1 Å². The summed E-state index contributed by atoms with van der Waals surface area (Å²) in [6.45, 7) is 4.04. The van der Waals surface area contributed by atoms with Crippen LogP contribution in [0.15, 0.2) is 103 Å². The van der Waals surface area contributed by atoms with Crippen molar-refractivity contribution in [1.29, 1.82) is 0 Å². The van der Waals surface area contributed by atoms with Crippen LogP contribution in [0.3, 0.4) is 0 Å². The highest BCUT2D eigenvalue weighted by molar-refractivity contribution is 5.99. The molecule has 7 nitrogen and oxygen atoms in total. The number of benzene rings is 4. The Morgan fingerprint density at radius 1 is 0.905 bits per heavy atom. The summed E-state index contributed by atoms with van der Waals surface area (Å²) in [7, 11) is 1.61. The lowest BCUT2D eigenvalue weighted by Gasteiger charge is -2.22. The number of hydrogen-bond donors (Lipinski definition) is 1. The van der Waals surface area contributed by atoms with Gasteiger partial charge in [0.15, 0.2) is 0 Å². The molecule has 0 saturated carbocycles. The number of aromatic nitrogens is 2. The molecule has 0 fully saturated rings. The van der Waals surface area contributed by atoms with E-state index >= 15 is 0 Å². The van der Waals surface area contributed by atoms with Gasteiger partial charge >= 0.3 is 0 Å². The maximum absolute atomic E-state index is 13.5. The van der Waals surface area contributed by atoms with E-state index in [1.54, 1.807) is 7.11 Å². The van der Waals surface area contributed by atoms with Crippen molar-refractivity contribution >= 4 is 17.8 Å². The first-order valence-electron chi connectivity index (χ1n) is 13.5. The molecule has 1 aromatic heterocycles. The number of halogens is 1. The van der Waals surface area contributed by atoms with E-state index in [4.69, 9.17) is 9.72 Å². The summed E-state index contributed by atoms with van der Waals surface area (Å²) in [5.74, 6) is -0.193. The summed E-state index contributed by atoms with van der Waals surface area (Å²) in [6, 6.07) is 28.2. The molecule has 4 aromatic carbocycles. The maximum atomic E-state index is 13.5. The molecule has 0 unspecified atom stereocenters. The first-order chi connectivity index (χ1) is 20.3. The second-order valence-corrected chi connectivity index (χ2v) is 10.0. The van der Waals surface area contributed by atoms with Crippen LogP contribution in [0, 0.1) is 19.7 Å². The van der Waals surface area contributed by atoms with Crippen LogP contribution in [0.25, 0.3) is 16.9 Å². The highest BCUT2D eigenvalue weighted by Crippen LogP contribution is 2.27. The second kappa shape index (κ2) is 12.5. The van der Waals surface area contributed by atoms with Crippen LogP contribution >= 0.6 is 0 Å². The van der Waals surface area contributed by atoms with Crippen molar-refractivity contribution in [2.75, 3.05) is 19.0 Å². The molecule has 0 bridgehead atoms. The van der Waals surface area contributed by atoms with Gasteiger partial charge in [-0.15, -0.1) is 0 Å². The normalized spacial score (nSPS) is 10.8. The third-order valence-corrected chi connectivity index (χ3v) is 7.04. The Kier molecular flexibility index (Phi) is 8.43. The molecule has 1 heterocycles. The largest absolute Gasteiger partial charge is 0.497 e. The van der Waals surface area contributed by atoms with Crippen LogP contribution in [0.5, 0.6) is 5.75 Å². The standard InChI is InChI=1S/C34H31FN4O3/c1-23-9-16-29(19-24(23)2)39-21-31(26-12-17-30(42-3)18-13-26)36-34(39)37-32(40)22-38(20-25-7-5-4-6-8-25)33(41)27-10-14-28(35)15-11-27/h4-19,21H,20,22H2,1-3H3,(H,36,37,40). The predicted octanol–water partition coefficient (Wildman–Crippen LogP) is 6.58. The molecule has 0 saturated heterocycles. The number of aryl methyl sites for hydroxylation is 2. The summed E-state index contributed by atoms with van der Waals surface area (Å²) < 4.78 is 20.6. The summed E-state index contributed by atoms with van der Waals surface area (Å²) in [5, 5.41) is 2.92. The molecule has 5 aromatic rings. The average molecular weight is 563 g/mol. The topological polar surface area (TPSA) is 76.5 Å². The molecule has 0 aliphatic carbocycles. The zero-order valence-corrected chi connectivity index (χ0v) is 23.7. The molecule has 8 heteroatoms. The molecule has 0 aliphatic rings. The number of ether oxygens (including phenoxy) is 1. The number of carbonyl (C=O) groups excluding carboxylic acids is 2. The Balaban J connectivity index is 1.45. The molecule has 0 aliphatic heterocycles. The number of nitrogens with one attached hydrogen (secondary N) is 1. The smallest absolute Gasteiger partial charge is 0.254 e. The molecule has 42 heavy (non-hydrogen) atoms. The lowest BCUT2D eigenvalue weighted by molar-refractivity contribution is -0.117. The van der Waals surface area contributed by atoms with Crippen LogP contribution in [-0.4, -0.2) is 39.9 Å². The van der Waals surface area contributed by atoms with Gasteiger partial charge in [-0.2, -0.15) is 0 Å². The highest BCUT2D eigenvalue weighted by Gasteiger charge is 2.22. The molecule has 2 amide bonds. The van der Waals surface area contributed by atoms with Crippen molar-refractivity contribution in [3.8, 4) is 22.7 Å². The first-order valence-corrected chi connectivity index (χ1v) is 13.5. The lowest BCUT2D eigenvalue weighted by Crippen LogP contribution is -2.38. The fourth-order valence-corrected chi connectivity index (χ4v) is 4.56. The summed E-state index contributed by atoms with van der Waals surface area (Å²) in [6.07, 6.45) is 1.87. The van der Waals surface area contributed by atoms with Gasteiger partial charge < -0.3 is 9.64 Å². The monoisotopic (exact) mass is 562 g/mol. The number of amides is 2. The van der Waals surface area contributed by atoms with Gasteiger partial charge in [0.25, 0.3) is 5.91 Å². The highest BCUT2D eigenvalue weighted by atomic mass is 19.1. The van der Waals surface area contributed by atoms with E-state index in [9.17, 15) is 14.0 Å². The average Bonchev–Trinajstić information content (AvgIpc) is 3.42. The Labute approximate surface area is 244 Å². The Morgan fingerprint density at radius 3 is 2.29 bits per heavy atom. The maximum Gasteiger partial charge on any atom is 0.254 e. The quantitative estimate of drug-likeness (QED) is 0.220. The van der Waals surface area contributed by atoms with Crippen molar-refractivity contribution in [3.05, 3.63) is 131 Å². The van der Waals surface area contributed by atoms with E-state index in [0.29, 0.717) is 17.2 Å². The van der Waals surface area contributed by atoms with Crippen LogP contribution in [-0.2, 0) is 11.3 Å². The molecule has 5 rings (SSSR count). The van der Waals surface area contributed by atoms with Gasteiger partial charge in [-0.1, -0.05) is 36.4 Å². The van der Waals surface area contributed by atoms with Gasteiger partial charge in [-0.25, -0.2) is 9.37 Å². The second-order valence-electron chi connectivity index (χ2n) is 10.0. The van der Waals surface area contributed by atoms with Crippen molar-refractivity contribution in [1.82, 2.24) is 14.5 Å². The van der Waals surface area contributed by atoms with Gasteiger partial charge in [-0.3, -0.25) is 19.5 Å². The zero-order valence-electron chi connectivity index (χ0n) is 23.7. The first kappa shape index (κ1) is 28.3. The van der Waals surface area contributed by atoms with Crippen molar-refractivity contribution in [2.45, 2.75) is 20.4 Å². The minimum atomic E-state index is -0.440. The Bertz CT molecular complexity index is 1700. The number of rotatable bonds is 9. The van der Waals surface area contributed by atoms with Crippen LogP contribution in [0.2, 0.25) is 0 Å². The number of methoxy groups -OCH3 is 1. The molecular formula is C34H31FN4O3. The number of nitrogens with zero attached hydrogens (tertiary/aromatic N) is 3. The van der Waals surface area contributed by atoms with Crippen LogP contribution in [0.4, 0.5) is 10.3 Å². The molecule has 0 spiro atoms. The summed E-state index contributed by atoms with van der Waals surface area (Å²) in [5.41, 5.74) is 5.75. The minimum absolute atomic E-state index is 0.202. The number of anilines is 1. The van der Waals surface area contributed by atoms with Crippen molar-refractivity contribution in [2.24, 2.45) is 0 Å². The zero-order chi connectivity index (χ0) is 29.6. The Hall–Kier alpha value is -5.24. The molecule has 0 atom stereocenters. The number of imidazole rings is 1. The van der Waals surface area contributed by atoms with Crippen LogP contribution in [0.1, 0.15) is 27.0 Å². The van der Waals surface area contributed by atoms with E-state index in [-0.39, 0.29) is 19.0 Å². The molecule has 1 N–H and O–H groups in total. The fourth-order valence-electron chi connectivity index (χ4n) is 4.56. The van der Waals surface area contributed by atoms with E-state index in [2.05, 4.69) is 5.32 Å². The van der Waals surface area contributed by atoms with Gasteiger partial charge in [0.2, 0.25) is 11.9 Å². The van der Waals surface area contributed by atoms with Gasteiger partial charge in [0.05, 0.1) is 12.8 Å². The van der Waals surface area contributed by atoms with E-state index in [1.165, 1.54) is 29.2 Å². The van der Waals surface area contributed by atoms with Crippen molar-refractivity contribution < 1.29 is 18.7 Å². The molecular weight excluding hydrogens is 531 g/mol. The lowest BCUT2D eigenvalue weighted by atomic mass is 10.1. The number of carbonyl (C=O) groups is 2. The minimum Gasteiger partial charge on any atom is -0.497 e. The predicted molar refractivity (Wildman–Crippen MR) is 161 cm³/mol. The molecule has 0 radical (unpaired) electrons. The fraction of sp³-hybridized carbons (Fsp3) is 0.147. The van der Waals surface area contributed by atoms with E-state index in [0.717, 1.165) is 33.7 Å². The number of hydrogen-bond acceptors (Lipinski definition) is 4. The van der Waals surface area contributed by atoms with Gasteiger partial charge in [0.1, 0.15) is 18.1 Å². The van der Waals surface area contributed by atoms with E-state index < -0.39 is 11.7 Å². The SMILES string of the molecule is COc1ccc(-c2cn(-c3ccc(C)c(C)c3)c(NC(=O)CN(Cc3ccccc3)C(=O)c3ccc(F)cc3)n2)cc1. The third kappa shape index (κ3) is 6.55. The summed E-state index contributed by atoms with van der Waals surface area (Å²) in [4.78, 5) is 33.1. The third-order valence-electron chi connectivity index (χ3n) is 7.04. The van der Waals surface area contributed by atoms with E-state index in [1.807, 2.05) is 97.4 Å². The van der Waals surface area contributed by atoms with Gasteiger partial charge in [0, 0.05) is 29.6 Å². The van der Waals surface area contributed by atoms with Crippen molar-refractivity contribution in [3.63, 3.8) is 0 Å². The Morgan fingerprint density at radius 2 is 1.62 bits per heavy atom. The van der Waals surface area contributed by atoms with Gasteiger partial charge in [-0.05, 0) is 91.2 Å². The summed E-state index contributed by atoms with van der Waals surface area (Å²) >= 11 is 0.